The van der Waals surface area contributed by atoms with Crippen molar-refractivity contribution < 1.29 is 0 Å². The van der Waals surface area contributed by atoms with Crippen LogP contribution in [0, 0.1) is 5.92 Å². The molecule has 0 radical (unpaired) electrons. The van der Waals surface area contributed by atoms with Crippen LogP contribution in [0.15, 0.2) is 28.2 Å². The topological polar surface area (TPSA) is 55.0 Å². The van der Waals surface area contributed by atoms with Gasteiger partial charge >= 0.3 is 0 Å². The molecule has 1 fully saturated rings. The highest BCUT2D eigenvalue weighted by Gasteiger charge is 2.20. The second-order valence-electron chi connectivity index (χ2n) is 5.04. The third-order valence-electron chi connectivity index (χ3n) is 3.69. The van der Waals surface area contributed by atoms with Crippen LogP contribution in [0.1, 0.15) is 12.8 Å². The van der Waals surface area contributed by atoms with Gasteiger partial charge in [0.15, 0.2) is 0 Å². The molecule has 4 nitrogen and oxygen atoms in total. The first-order chi connectivity index (χ1) is 9.76. The molecule has 0 atom stereocenters. The van der Waals surface area contributed by atoms with Crippen molar-refractivity contribution in [2.75, 3.05) is 24.5 Å². The van der Waals surface area contributed by atoms with E-state index in [1.807, 2.05) is 12.3 Å². The maximum atomic E-state index is 5.74. The van der Waals surface area contributed by atoms with Gasteiger partial charge in [0.2, 0.25) is 5.95 Å². The minimum absolute atomic E-state index is 0.655. The number of anilines is 1. The lowest BCUT2D eigenvalue weighted by Gasteiger charge is -2.31. The van der Waals surface area contributed by atoms with Gasteiger partial charge in [0, 0.05) is 29.1 Å². The Bertz CT molecular complexity index is 578. The van der Waals surface area contributed by atoms with Crippen molar-refractivity contribution in [3.63, 3.8) is 0 Å². The standard InChI is InChI=1S/C14H17BrN4S/c15-11-7-13(20-9-11)12-1-4-17-14(18-12)19-5-2-10(8-16)3-6-19/h1,4,7,9-10H,2-3,5-6,8,16H2. The highest BCUT2D eigenvalue weighted by atomic mass is 79.9. The van der Waals surface area contributed by atoms with Gasteiger partial charge in [-0.3, -0.25) is 0 Å². The largest absolute Gasteiger partial charge is 0.341 e. The summed E-state index contributed by atoms with van der Waals surface area (Å²) in [7, 11) is 0. The van der Waals surface area contributed by atoms with E-state index < -0.39 is 0 Å². The van der Waals surface area contributed by atoms with Crippen molar-refractivity contribution in [1.82, 2.24) is 9.97 Å². The van der Waals surface area contributed by atoms with Crippen LogP contribution in [0.5, 0.6) is 0 Å². The van der Waals surface area contributed by atoms with Crippen LogP contribution in [0.25, 0.3) is 10.6 Å². The second kappa shape index (κ2) is 6.20. The van der Waals surface area contributed by atoms with Crippen LogP contribution < -0.4 is 10.6 Å². The summed E-state index contributed by atoms with van der Waals surface area (Å²) in [5.41, 5.74) is 6.73. The Balaban J connectivity index is 1.78. The molecule has 3 heterocycles. The van der Waals surface area contributed by atoms with Crippen LogP contribution in [-0.2, 0) is 0 Å². The first-order valence-corrected chi connectivity index (χ1v) is 8.46. The summed E-state index contributed by atoms with van der Waals surface area (Å²) in [6.45, 7) is 2.79. The number of nitrogens with two attached hydrogens (primary N) is 1. The average molecular weight is 353 g/mol. The Kier molecular flexibility index (Phi) is 4.33. The van der Waals surface area contributed by atoms with Crippen molar-refractivity contribution in [2.45, 2.75) is 12.8 Å². The van der Waals surface area contributed by atoms with Gasteiger partial charge in [-0.1, -0.05) is 0 Å². The Hall–Kier alpha value is -0.980. The minimum Gasteiger partial charge on any atom is -0.341 e. The van der Waals surface area contributed by atoms with E-state index in [4.69, 9.17) is 10.7 Å². The molecule has 1 saturated heterocycles. The Labute approximate surface area is 131 Å². The highest BCUT2D eigenvalue weighted by molar-refractivity contribution is 9.10. The maximum absolute atomic E-state index is 5.74. The molecule has 2 aromatic heterocycles. The van der Waals surface area contributed by atoms with E-state index in [1.165, 1.54) is 0 Å². The molecule has 1 aliphatic heterocycles. The molecular weight excluding hydrogens is 336 g/mol. The van der Waals surface area contributed by atoms with Gasteiger partial charge in [-0.15, -0.1) is 11.3 Å². The van der Waals surface area contributed by atoms with E-state index in [0.717, 1.165) is 53.5 Å². The average Bonchev–Trinajstić information content (AvgIpc) is 2.94. The molecule has 0 amide bonds. The number of aromatic nitrogens is 2. The molecule has 106 valence electrons. The molecule has 0 spiro atoms. The van der Waals surface area contributed by atoms with E-state index >= 15 is 0 Å². The summed E-state index contributed by atoms with van der Waals surface area (Å²) in [5.74, 6) is 1.49. The summed E-state index contributed by atoms with van der Waals surface area (Å²) in [6, 6.07) is 4.06. The van der Waals surface area contributed by atoms with Crippen LogP contribution in [0.4, 0.5) is 5.95 Å². The molecule has 1 aliphatic rings. The molecule has 2 aromatic rings. The van der Waals surface area contributed by atoms with Gasteiger partial charge in [-0.2, -0.15) is 0 Å². The van der Waals surface area contributed by atoms with Gasteiger partial charge in [0.1, 0.15) is 0 Å². The number of halogens is 1. The number of hydrogen-bond acceptors (Lipinski definition) is 5. The molecule has 20 heavy (non-hydrogen) atoms. The number of rotatable bonds is 3. The zero-order chi connectivity index (χ0) is 13.9. The van der Waals surface area contributed by atoms with E-state index in [1.54, 1.807) is 11.3 Å². The molecule has 0 bridgehead atoms. The third kappa shape index (κ3) is 3.02. The predicted molar refractivity (Wildman–Crippen MR) is 87.0 cm³/mol. The number of hydrogen-bond donors (Lipinski definition) is 1. The van der Waals surface area contributed by atoms with Crippen LogP contribution >= 0.6 is 27.3 Å². The molecule has 0 aliphatic carbocycles. The highest BCUT2D eigenvalue weighted by Crippen LogP contribution is 2.29. The summed E-state index contributed by atoms with van der Waals surface area (Å²) in [4.78, 5) is 12.6. The summed E-state index contributed by atoms with van der Waals surface area (Å²) >= 11 is 5.17. The Morgan fingerprint density at radius 2 is 2.20 bits per heavy atom. The molecule has 0 aromatic carbocycles. The SMILES string of the molecule is NCC1CCN(c2nccc(-c3cc(Br)cs3)n2)CC1. The number of thiophene rings is 1. The smallest absolute Gasteiger partial charge is 0.225 e. The lowest BCUT2D eigenvalue weighted by molar-refractivity contribution is 0.411. The first-order valence-electron chi connectivity index (χ1n) is 6.78. The third-order valence-corrected chi connectivity index (χ3v) is 5.41. The fourth-order valence-corrected chi connectivity index (χ4v) is 3.85. The zero-order valence-corrected chi connectivity index (χ0v) is 13.5. The van der Waals surface area contributed by atoms with E-state index in [-0.39, 0.29) is 0 Å². The van der Waals surface area contributed by atoms with Gasteiger partial charge in [-0.05, 0) is 53.4 Å². The molecule has 0 unspecified atom stereocenters. The number of nitrogens with zero attached hydrogens (tertiary/aromatic N) is 3. The molecular formula is C14H17BrN4S. The summed E-state index contributed by atoms with van der Waals surface area (Å²) in [5, 5.41) is 2.07. The summed E-state index contributed by atoms with van der Waals surface area (Å²) in [6.07, 6.45) is 4.11. The van der Waals surface area contributed by atoms with Gasteiger partial charge in [-0.25, -0.2) is 9.97 Å². The summed E-state index contributed by atoms with van der Waals surface area (Å²) < 4.78 is 1.10. The zero-order valence-electron chi connectivity index (χ0n) is 11.1. The van der Waals surface area contributed by atoms with Crippen molar-refractivity contribution >= 4 is 33.2 Å². The molecule has 2 N–H and O–H groups in total. The fourth-order valence-electron chi connectivity index (χ4n) is 2.45. The van der Waals surface area contributed by atoms with Crippen molar-refractivity contribution in [2.24, 2.45) is 11.7 Å². The lowest BCUT2D eigenvalue weighted by Crippen LogP contribution is -2.37. The van der Waals surface area contributed by atoms with E-state index in [9.17, 15) is 0 Å². The van der Waals surface area contributed by atoms with E-state index in [2.05, 4.69) is 37.3 Å². The number of piperidine rings is 1. The van der Waals surface area contributed by atoms with Gasteiger partial charge in [0.25, 0.3) is 0 Å². The van der Waals surface area contributed by atoms with Gasteiger partial charge in [0.05, 0.1) is 10.6 Å². The maximum Gasteiger partial charge on any atom is 0.225 e. The lowest BCUT2D eigenvalue weighted by atomic mass is 9.97. The quantitative estimate of drug-likeness (QED) is 0.921. The van der Waals surface area contributed by atoms with Crippen molar-refractivity contribution in [3.05, 3.63) is 28.2 Å². The van der Waals surface area contributed by atoms with Crippen LogP contribution in [-0.4, -0.2) is 29.6 Å². The normalized spacial score (nSPS) is 16.6. The first kappa shape index (κ1) is 14.0. The van der Waals surface area contributed by atoms with E-state index in [0.29, 0.717) is 5.92 Å². The van der Waals surface area contributed by atoms with Crippen molar-refractivity contribution in [3.8, 4) is 10.6 Å². The van der Waals surface area contributed by atoms with Crippen LogP contribution in [0.3, 0.4) is 0 Å². The van der Waals surface area contributed by atoms with Gasteiger partial charge < -0.3 is 10.6 Å². The predicted octanol–water partition coefficient (Wildman–Crippen LogP) is 3.14. The molecule has 6 heteroatoms. The minimum atomic E-state index is 0.655. The molecule has 0 saturated carbocycles. The Morgan fingerprint density at radius 1 is 1.40 bits per heavy atom. The molecule has 3 rings (SSSR count). The Morgan fingerprint density at radius 3 is 2.85 bits per heavy atom. The second-order valence-corrected chi connectivity index (χ2v) is 6.86. The fraction of sp³-hybridized carbons (Fsp3) is 0.429. The van der Waals surface area contributed by atoms with Crippen LogP contribution in [0.2, 0.25) is 0 Å². The van der Waals surface area contributed by atoms with Crippen molar-refractivity contribution in [1.29, 1.82) is 0 Å². The monoisotopic (exact) mass is 352 g/mol.